The zero-order valence-corrected chi connectivity index (χ0v) is 20.5. The quantitative estimate of drug-likeness (QED) is 0.577. The molecule has 0 unspecified atom stereocenters. The second kappa shape index (κ2) is 9.88. The molecule has 2 aliphatic heterocycles. The Hall–Kier alpha value is -3.47. The topological polar surface area (TPSA) is 102 Å². The highest BCUT2D eigenvalue weighted by molar-refractivity contribution is 7.59. The molecule has 2 aliphatic rings. The molecule has 3 aromatic rings. The number of nitrogens with two attached hydrogens (primary N) is 1. The number of nitrogens with zero attached hydrogens (tertiary/aromatic N) is 4. The average molecular weight is 516 g/mol. The van der Waals surface area contributed by atoms with Crippen LogP contribution >= 0.6 is 13.5 Å². The lowest BCUT2D eigenvalue weighted by molar-refractivity contribution is -0.121. The van der Waals surface area contributed by atoms with Crippen molar-refractivity contribution >= 4 is 42.3 Å². The van der Waals surface area contributed by atoms with Crippen LogP contribution in [0.4, 0.5) is 8.78 Å². The number of benzene rings is 1. The van der Waals surface area contributed by atoms with Crippen LogP contribution in [-0.4, -0.2) is 68.7 Å². The van der Waals surface area contributed by atoms with Crippen molar-refractivity contribution in [1.29, 1.82) is 0 Å². The molecule has 0 aliphatic carbocycles. The van der Waals surface area contributed by atoms with Gasteiger partial charge in [0.05, 0.1) is 5.56 Å². The Morgan fingerprint density at radius 2 is 1.75 bits per heavy atom. The number of piperidine rings is 1. The number of pyridine rings is 1. The Kier molecular flexibility index (Phi) is 7.03. The molecule has 5 rings (SSSR count). The van der Waals surface area contributed by atoms with Gasteiger partial charge in [-0.05, 0) is 43.2 Å². The van der Waals surface area contributed by atoms with E-state index in [1.807, 2.05) is 12.1 Å². The van der Waals surface area contributed by atoms with Crippen molar-refractivity contribution in [2.45, 2.75) is 37.6 Å². The van der Waals surface area contributed by atoms with Crippen LogP contribution in [0, 0.1) is 0 Å². The van der Waals surface area contributed by atoms with Gasteiger partial charge in [0.15, 0.2) is 0 Å². The molecule has 8 nitrogen and oxygen atoms in total. The van der Waals surface area contributed by atoms with Crippen molar-refractivity contribution in [2.75, 3.05) is 19.6 Å². The molecule has 3 amide bonds. The summed E-state index contributed by atoms with van der Waals surface area (Å²) >= 11 is 0. The smallest absolute Gasteiger partial charge is 0.255 e. The van der Waals surface area contributed by atoms with E-state index in [0.29, 0.717) is 40.8 Å². The van der Waals surface area contributed by atoms with Crippen LogP contribution < -0.4 is 5.73 Å². The fourth-order valence-electron chi connectivity index (χ4n) is 4.83. The van der Waals surface area contributed by atoms with Gasteiger partial charge in [0, 0.05) is 61.5 Å². The second-order valence-corrected chi connectivity index (χ2v) is 9.08. The van der Waals surface area contributed by atoms with E-state index in [9.17, 15) is 23.2 Å². The van der Waals surface area contributed by atoms with Crippen LogP contribution in [0.3, 0.4) is 0 Å². The van der Waals surface area contributed by atoms with Crippen molar-refractivity contribution in [3.05, 3.63) is 59.9 Å². The number of carbonyl (C=O) groups excluding carboxylic acids is 3. The number of alkyl halides is 2. The molecule has 1 aromatic carbocycles. The number of halogens is 2. The first-order chi connectivity index (χ1) is 16.7. The lowest BCUT2D eigenvalue weighted by Gasteiger charge is -2.31. The number of amides is 3. The Bertz CT molecular complexity index is 1320. The summed E-state index contributed by atoms with van der Waals surface area (Å²) in [4.78, 5) is 45.0. The van der Waals surface area contributed by atoms with Gasteiger partial charge >= 0.3 is 0 Å². The highest BCUT2D eigenvalue weighted by Crippen LogP contribution is 2.29. The van der Waals surface area contributed by atoms with Gasteiger partial charge in [0.1, 0.15) is 11.7 Å². The summed E-state index contributed by atoms with van der Waals surface area (Å²) in [6.07, 6.45) is 3.86. The molecule has 4 heterocycles. The first-order valence-electron chi connectivity index (χ1n) is 11.6. The monoisotopic (exact) mass is 515 g/mol. The van der Waals surface area contributed by atoms with Gasteiger partial charge < -0.3 is 20.1 Å². The number of carbonyl (C=O) groups is 3. The van der Waals surface area contributed by atoms with Gasteiger partial charge in [0.25, 0.3) is 17.7 Å². The van der Waals surface area contributed by atoms with Crippen molar-refractivity contribution in [3.63, 3.8) is 0 Å². The summed E-state index contributed by atoms with van der Waals surface area (Å²) < 4.78 is 28.7. The number of rotatable bonds is 4. The van der Waals surface area contributed by atoms with Gasteiger partial charge in [-0.3, -0.25) is 14.4 Å². The van der Waals surface area contributed by atoms with E-state index >= 15 is 0 Å². The zero-order chi connectivity index (χ0) is 24.7. The standard InChI is InChI=1S/C25H25F2N5O3.H2S/c26-25(27)7-11-30(12-8-25)23(34)18-13-16-6-10-31(22(16)29-15-18)19-4-1-3-17(14-19)24(35)32-9-2-5-20(32)21(28)33;/h1,3-4,6,10,13-15,20H,2,5,7-9,11-12H2,(H2,28,33);1H2/t20-;/m0./s1. The first-order valence-corrected chi connectivity index (χ1v) is 11.6. The minimum absolute atomic E-state index is 0. The largest absolute Gasteiger partial charge is 0.368 e. The minimum atomic E-state index is -2.72. The lowest BCUT2D eigenvalue weighted by atomic mass is 10.1. The molecular formula is C25H27F2N5O3S. The van der Waals surface area contributed by atoms with Crippen LogP contribution in [0.25, 0.3) is 16.7 Å². The maximum atomic E-state index is 13.4. The van der Waals surface area contributed by atoms with Gasteiger partial charge in [-0.15, -0.1) is 0 Å². The number of primary amides is 1. The lowest BCUT2D eigenvalue weighted by Crippen LogP contribution is -2.43. The van der Waals surface area contributed by atoms with Crippen LogP contribution in [0.2, 0.25) is 0 Å². The van der Waals surface area contributed by atoms with E-state index in [1.165, 1.54) is 16.0 Å². The first kappa shape index (κ1) is 25.6. The predicted molar refractivity (Wildman–Crippen MR) is 135 cm³/mol. The summed E-state index contributed by atoms with van der Waals surface area (Å²) in [6, 6.07) is 9.93. The average Bonchev–Trinajstić information content (AvgIpc) is 3.50. The number of fused-ring (bicyclic) bond motifs is 1. The van der Waals surface area contributed by atoms with Crippen LogP contribution in [-0.2, 0) is 4.79 Å². The van der Waals surface area contributed by atoms with E-state index in [1.54, 1.807) is 35.0 Å². The Labute approximate surface area is 213 Å². The normalized spacial score (nSPS) is 19.2. The molecular weight excluding hydrogens is 488 g/mol. The van der Waals surface area contributed by atoms with E-state index in [4.69, 9.17) is 5.73 Å². The van der Waals surface area contributed by atoms with Crippen molar-refractivity contribution in [3.8, 4) is 5.69 Å². The molecule has 1 atom stereocenters. The van der Waals surface area contributed by atoms with Gasteiger partial charge in [-0.2, -0.15) is 13.5 Å². The fourth-order valence-corrected chi connectivity index (χ4v) is 4.83. The number of likely N-dealkylation sites (tertiary alicyclic amines) is 2. The molecule has 2 N–H and O–H groups in total. The van der Waals surface area contributed by atoms with Gasteiger partial charge in [-0.25, -0.2) is 13.8 Å². The molecule has 11 heteroatoms. The molecule has 0 saturated carbocycles. The van der Waals surface area contributed by atoms with E-state index < -0.39 is 17.9 Å². The maximum Gasteiger partial charge on any atom is 0.255 e. The third-order valence-electron chi connectivity index (χ3n) is 6.77. The van der Waals surface area contributed by atoms with Crippen molar-refractivity contribution in [1.82, 2.24) is 19.4 Å². The fraction of sp³-hybridized carbons (Fsp3) is 0.360. The summed E-state index contributed by atoms with van der Waals surface area (Å²) in [5.74, 6) is -3.79. The van der Waals surface area contributed by atoms with E-state index in [-0.39, 0.29) is 51.2 Å². The highest BCUT2D eigenvalue weighted by Gasteiger charge is 2.36. The molecule has 36 heavy (non-hydrogen) atoms. The number of hydrogen-bond acceptors (Lipinski definition) is 4. The molecule has 2 saturated heterocycles. The maximum absolute atomic E-state index is 13.4. The summed E-state index contributed by atoms with van der Waals surface area (Å²) in [5, 5.41) is 0.711. The number of aromatic nitrogens is 2. The minimum Gasteiger partial charge on any atom is -0.368 e. The predicted octanol–water partition coefficient (Wildman–Crippen LogP) is 3.10. The molecule has 0 radical (unpaired) electrons. The van der Waals surface area contributed by atoms with Gasteiger partial charge in [0.2, 0.25) is 5.91 Å². The second-order valence-electron chi connectivity index (χ2n) is 9.08. The van der Waals surface area contributed by atoms with Crippen LogP contribution in [0.15, 0.2) is 48.8 Å². The summed E-state index contributed by atoms with van der Waals surface area (Å²) in [7, 11) is 0. The van der Waals surface area contributed by atoms with E-state index in [2.05, 4.69) is 4.98 Å². The molecule has 0 bridgehead atoms. The third-order valence-corrected chi connectivity index (χ3v) is 6.77. The number of hydrogen-bond donors (Lipinski definition) is 1. The third kappa shape index (κ3) is 4.79. The Morgan fingerprint density at radius 3 is 2.47 bits per heavy atom. The van der Waals surface area contributed by atoms with E-state index in [0.717, 1.165) is 6.42 Å². The van der Waals surface area contributed by atoms with Crippen LogP contribution in [0.5, 0.6) is 0 Å². The highest BCUT2D eigenvalue weighted by atomic mass is 32.1. The SMILES string of the molecule is NC(=O)[C@@H]1CCCN1C(=O)c1cccc(-n2ccc3cc(C(=O)N4CCC(F)(F)CC4)cnc32)c1.S. The molecule has 190 valence electrons. The molecule has 2 aromatic heterocycles. The zero-order valence-electron chi connectivity index (χ0n) is 19.5. The molecule has 0 spiro atoms. The van der Waals surface area contributed by atoms with Crippen molar-refractivity contribution in [2.24, 2.45) is 5.73 Å². The Morgan fingerprint density at radius 1 is 1.00 bits per heavy atom. The summed E-state index contributed by atoms with van der Waals surface area (Å²) in [6.45, 7) is 0.509. The van der Waals surface area contributed by atoms with Gasteiger partial charge in [-0.1, -0.05) is 6.07 Å². The molecule has 2 fully saturated rings. The Balaban J connectivity index is 0.00000304. The summed E-state index contributed by atoms with van der Waals surface area (Å²) in [5.41, 5.74) is 7.53. The van der Waals surface area contributed by atoms with Crippen molar-refractivity contribution < 1.29 is 23.2 Å². The van der Waals surface area contributed by atoms with Crippen LogP contribution in [0.1, 0.15) is 46.4 Å².